The molecule has 0 unspecified atom stereocenters. The maximum Gasteiger partial charge on any atom is 0.222 e. The van der Waals surface area contributed by atoms with Gasteiger partial charge < -0.3 is 9.64 Å². The molecule has 1 aromatic carbocycles. The summed E-state index contributed by atoms with van der Waals surface area (Å²) in [4.78, 5) is 13.4. The van der Waals surface area contributed by atoms with Gasteiger partial charge in [-0.2, -0.15) is 0 Å². The highest BCUT2D eigenvalue weighted by atomic mass is 16.5. The Kier molecular flexibility index (Phi) is 3.72. The summed E-state index contributed by atoms with van der Waals surface area (Å²) < 4.78 is 5.92. The third-order valence-corrected chi connectivity index (χ3v) is 4.14. The number of hydrogen-bond acceptors (Lipinski definition) is 2. The first-order valence-corrected chi connectivity index (χ1v) is 7.36. The quantitative estimate of drug-likeness (QED) is 0.831. The minimum absolute atomic E-state index is 0.277. The van der Waals surface area contributed by atoms with Crippen LogP contribution in [0.2, 0.25) is 0 Å². The van der Waals surface area contributed by atoms with Crippen molar-refractivity contribution in [1.29, 1.82) is 0 Å². The van der Waals surface area contributed by atoms with Crippen molar-refractivity contribution in [3.05, 3.63) is 29.3 Å². The molecule has 3 nitrogen and oxygen atoms in total. The Balaban J connectivity index is 1.59. The number of carbonyl (C=O) groups excluding carboxylic acids is 1. The molecule has 0 radical (unpaired) electrons. The first kappa shape index (κ1) is 12.5. The zero-order valence-corrected chi connectivity index (χ0v) is 11.4. The van der Waals surface area contributed by atoms with E-state index in [1.54, 1.807) is 0 Å². The highest BCUT2D eigenvalue weighted by Crippen LogP contribution is 2.29. The van der Waals surface area contributed by atoms with E-state index in [-0.39, 0.29) is 5.91 Å². The molecule has 1 fully saturated rings. The first-order valence-electron chi connectivity index (χ1n) is 7.36. The van der Waals surface area contributed by atoms with E-state index in [4.69, 9.17) is 4.74 Å². The summed E-state index contributed by atoms with van der Waals surface area (Å²) in [6, 6.07) is 6.36. The zero-order valence-electron chi connectivity index (χ0n) is 11.4. The van der Waals surface area contributed by atoms with E-state index >= 15 is 0 Å². The Labute approximate surface area is 114 Å². The van der Waals surface area contributed by atoms with Crippen molar-refractivity contribution >= 4 is 5.91 Å². The molecule has 1 aliphatic carbocycles. The molecule has 19 heavy (non-hydrogen) atoms. The van der Waals surface area contributed by atoms with Crippen molar-refractivity contribution in [1.82, 2.24) is 4.90 Å². The second kappa shape index (κ2) is 5.64. The molecule has 3 heteroatoms. The predicted octanol–water partition coefficient (Wildman–Crippen LogP) is 2.57. The Morgan fingerprint density at radius 2 is 2.00 bits per heavy atom. The molecule has 3 rings (SSSR count). The van der Waals surface area contributed by atoms with Crippen LogP contribution in [-0.2, 0) is 17.6 Å². The average Bonchev–Trinajstić information content (AvgIpc) is 2.85. The van der Waals surface area contributed by atoms with Gasteiger partial charge in [0.05, 0.1) is 6.54 Å². The lowest BCUT2D eigenvalue weighted by Crippen LogP contribution is -2.29. The number of carbonyl (C=O) groups is 1. The Morgan fingerprint density at radius 1 is 1.11 bits per heavy atom. The number of aryl methyl sites for hydroxylation is 1. The second-order valence-electron chi connectivity index (χ2n) is 5.43. The number of ether oxygens (including phenoxy) is 1. The molecule has 1 heterocycles. The van der Waals surface area contributed by atoms with Crippen molar-refractivity contribution < 1.29 is 9.53 Å². The van der Waals surface area contributed by atoms with Crippen LogP contribution >= 0.6 is 0 Å². The van der Waals surface area contributed by atoms with Gasteiger partial charge in [-0.05, 0) is 49.3 Å². The molecule has 102 valence electrons. The fraction of sp³-hybridized carbons (Fsp3) is 0.562. The van der Waals surface area contributed by atoms with Crippen molar-refractivity contribution in [3.63, 3.8) is 0 Å². The summed E-state index contributed by atoms with van der Waals surface area (Å²) >= 11 is 0. The molecule has 0 atom stereocenters. The Hall–Kier alpha value is -1.51. The van der Waals surface area contributed by atoms with Crippen LogP contribution in [-0.4, -0.2) is 30.5 Å². The molecule has 0 bridgehead atoms. The normalized spacial score (nSPS) is 18.5. The van der Waals surface area contributed by atoms with Crippen molar-refractivity contribution in [2.75, 3.05) is 19.7 Å². The van der Waals surface area contributed by atoms with E-state index in [0.29, 0.717) is 13.0 Å². The summed E-state index contributed by atoms with van der Waals surface area (Å²) in [7, 11) is 0. The standard InChI is InChI=1S/C16H21NO2/c18-16-9-4-10-17(16)11-12-19-15-8-3-6-13-5-1-2-7-14(13)15/h3,6,8H,1-2,4-5,7,9-12H2. The molecule has 0 N–H and O–H groups in total. The number of rotatable bonds is 4. The van der Waals surface area contributed by atoms with E-state index < -0.39 is 0 Å². The molecule has 1 aromatic rings. The molecular formula is C16H21NO2. The van der Waals surface area contributed by atoms with Gasteiger partial charge in [0.2, 0.25) is 5.91 Å². The average molecular weight is 259 g/mol. The van der Waals surface area contributed by atoms with Gasteiger partial charge in [-0.25, -0.2) is 0 Å². The second-order valence-corrected chi connectivity index (χ2v) is 5.43. The van der Waals surface area contributed by atoms with Crippen molar-refractivity contribution in [2.24, 2.45) is 0 Å². The topological polar surface area (TPSA) is 29.5 Å². The van der Waals surface area contributed by atoms with Gasteiger partial charge >= 0.3 is 0 Å². The van der Waals surface area contributed by atoms with Crippen molar-refractivity contribution in [3.8, 4) is 5.75 Å². The summed E-state index contributed by atoms with van der Waals surface area (Å²) in [6.07, 6.45) is 6.57. The molecule has 1 aliphatic heterocycles. The SMILES string of the molecule is O=C1CCCN1CCOc1cccc2c1CCCC2. The van der Waals surface area contributed by atoms with Gasteiger partial charge in [-0.1, -0.05) is 12.1 Å². The monoisotopic (exact) mass is 259 g/mol. The third-order valence-electron chi connectivity index (χ3n) is 4.14. The van der Waals surface area contributed by atoms with Crippen LogP contribution in [0.15, 0.2) is 18.2 Å². The number of amides is 1. The zero-order chi connectivity index (χ0) is 13.1. The van der Waals surface area contributed by atoms with Crippen LogP contribution in [0.4, 0.5) is 0 Å². The van der Waals surface area contributed by atoms with E-state index in [1.807, 2.05) is 4.90 Å². The molecule has 1 amide bonds. The Morgan fingerprint density at radius 3 is 2.84 bits per heavy atom. The van der Waals surface area contributed by atoms with Crippen LogP contribution in [0.1, 0.15) is 36.8 Å². The van der Waals surface area contributed by atoms with Crippen molar-refractivity contribution in [2.45, 2.75) is 38.5 Å². The first-order chi connectivity index (χ1) is 9.34. The molecule has 0 spiro atoms. The van der Waals surface area contributed by atoms with Crippen LogP contribution in [0.3, 0.4) is 0 Å². The maximum atomic E-state index is 11.5. The van der Waals surface area contributed by atoms with E-state index in [2.05, 4.69) is 18.2 Å². The lowest BCUT2D eigenvalue weighted by molar-refractivity contribution is -0.128. The largest absolute Gasteiger partial charge is 0.491 e. The number of likely N-dealkylation sites (tertiary alicyclic amines) is 1. The highest BCUT2D eigenvalue weighted by Gasteiger charge is 2.20. The molecule has 0 saturated carbocycles. The molecule has 2 aliphatic rings. The van der Waals surface area contributed by atoms with Gasteiger partial charge in [-0.3, -0.25) is 4.79 Å². The van der Waals surface area contributed by atoms with E-state index in [1.165, 1.54) is 30.4 Å². The highest BCUT2D eigenvalue weighted by molar-refractivity contribution is 5.78. The smallest absolute Gasteiger partial charge is 0.222 e. The summed E-state index contributed by atoms with van der Waals surface area (Å²) in [5.41, 5.74) is 2.84. The van der Waals surface area contributed by atoms with Crippen LogP contribution < -0.4 is 4.74 Å². The van der Waals surface area contributed by atoms with E-state index in [9.17, 15) is 4.79 Å². The molecule has 1 saturated heterocycles. The van der Waals surface area contributed by atoms with Gasteiger partial charge in [-0.15, -0.1) is 0 Å². The fourth-order valence-electron chi connectivity index (χ4n) is 3.09. The number of nitrogens with zero attached hydrogens (tertiary/aromatic N) is 1. The minimum atomic E-state index is 0.277. The number of fused-ring (bicyclic) bond motifs is 1. The summed E-state index contributed by atoms with van der Waals surface area (Å²) in [6.45, 7) is 2.24. The fourth-order valence-corrected chi connectivity index (χ4v) is 3.09. The summed E-state index contributed by atoms with van der Waals surface area (Å²) in [5, 5.41) is 0. The number of benzene rings is 1. The van der Waals surface area contributed by atoms with Gasteiger partial charge in [0, 0.05) is 13.0 Å². The Bertz CT molecular complexity index is 470. The summed E-state index contributed by atoms with van der Waals surface area (Å²) in [5.74, 6) is 1.31. The maximum absolute atomic E-state index is 11.5. The predicted molar refractivity (Wildman–Crippen MR) is 74.4 cm³/mol. The lowest BCUT2D eigenvalue weighted by Gasteiger charge is -2.21. The van der Waals surface area contributed by atoms with Gasteiger partial charge in [0.25, 0.3) is 0 Å². The molecule has 0 aromatic heterocycles. The van der Waals surface area contributed by atoms with Gasteiger partial charge in [0.15, 0.2) is 0 Å². The van der Waals surface area contributed by atoms with Crippen LogP contribution in [0.25, 0.3) is 0 Å². The minimum Gasteiger partial charge on any atom is -0.491 e. The third kappa shape index (κ3) is 2.75. The van der Waals surface area contributed by atoms with Crippen LogP contribution in [0.5, 0.6) is 5.75 Å². The molecular weight excluding hydrogens is 238 g/mol. The number of hydrogen-bond donors (Lipinski definition) is 0. The lowest BCUT2D eigenvalue weighted by atomic mass is 9.91. The van der Waals surface area contributed by atoms with Gasteiger partial charge in [0.1, 0.15) is 12.4 Å². The van der Waals surface area contributed by atoms with E-state index in [0.717, 1.165) is 31.7 Å². The van der Waals surface area contributed by atoms with Crippen LogP contribution in [0, 0.1) is 0 Å².